The summed E-state index contributed by atoms with van der Waals surface area (Å²) in [5.41, 5.74) is 1.81. The van der Waals surface area contributed by atoms with E-state index in [4.69, 9.17) is 4.74 Å². The summed E-state index contributed by atoms with van der Waals surface area (Å²) >= 11 is 3.48. The number of hydrogen-bond acceptors (Lipinski definition) is 3. The van der Waals surface area contributed by atoms with Gasteiger partial charge >= 0.3 is 0 Å². The predicted molar refractivity (Wildman–Crippen MR) is 73.6 cm³/mol. The van der Waals surface area contributed by atoms with Gasteiger partial charge in [-0.3, -0.25) is 4.98 Å². The van der Waals surface area contributed by atoms with Crippen molar-refractivity contribution in [1.29, 1.82) is 0 Å². The molecule has 2 aromatic rings. The Balaban J connectivity index is 2.22. The lowest BCUT2D eigenvalue weighted by Gasteiger charge is -2.15. The van der Waals surface area contributed by atoms with Crippen molar-refractivity contribution in [1.82, 2.24) is 4.98 Å². The van der Waals surface area contributed by atoms with Crippen molar-refractivity contribution < 1.29 is 9.84 Å². The van der Waals surface area contributed by atoms with Crippen LogP contribution < -0.4 is 4.74 Å². The van der Waals surface area contributed by atoms with Crippen LogP contribution in [0.4, 0.5) is 0 Å². The van der Waals surface area contributed by atoms with Crippen LogP contribution in [-0.4, -0.2) is 17.2 Å². The fraction of sp³-hybridized carbons (Fsp3) is 0.214. The zero-order valence-electron chi connectivity index (χ0n) is 10.0. The monoisotopic (exact) mass is 307 g/mol. The van der Waals surface area contributed by atoms with E-state index in [1.54, 1.807) is 25.6 Å². The van der Waals surface area contributed by atoms with E-state index in [0.29, 0.717) is 12.2 Å². The van der Waals surface area contributed by atoms with Crippen LogP contribution >= 0.6 is 15.9 Å². The van der Waals surface area contributed by atoms with Gasteiger partial charge in [-0.05, 0) is 17.7 Å². The number of aromatic nitrogens is 1. The molecule has 0 saturated carbocycles. The van der Waals surface area contributed by atoms with Crippen LogP contribution in [0.3, 0.4) is 0 Å². The molecule has 1 heterocycles. The largest absolute Gasteiger partial charge is 0.495 e. The second-order valence-corrected chi connectivity index (χ2v) is 4.78. The first-order valence-electron chi connectivity index (χ1n) is 5.61. The number of hydrogen-bond donors (Lipinski definition) is 1. The average molecular weight is 308 g/mol. The lowest BCUT2D eigenvalue weighted by molar-refractivity contribution is 0.173. The summed E-state index contributed by atoms with van der Waals surface area (Å²) in [6, 6.07) is 9.64. The van der Waals surface area contributed by atoms with Gasteiger partial charge in [0.05, 0.1) is 19.4 Å². The Morgan fingerprint density at radius 2 is 2.11 bits per heavy atom. The number of pyridine rings is 1. The summed E-state index contributed by atoms with van der Waals surface area (Å²) in [6.07, 6.45) is 3.18. The van der Waals surface area contributed by atoms with Gasteiger partial charge in [0, 0.05) is 22.7 Å². The van der Waals surface area contributed by atoms with E-state index in [9.17, 15) is 5.11 Å². The lowest BCUT2D eigenvalue weighted by Crippen LogP contribution is -2.04. The summed E-state index contributed by atoms with van der Waals surface area (Å²) in [7, 11) is 1.58. The fourth-order valence-corrected chi connectivity index (χ4v) is 2.27. The summed E-state index contributed by atoms with van der Waals surface area (Å²) in [5.74, 6) is 0.608. The van der Waals surface area contributed by atoms with E-state index >= 15 is 0 Å². The minimum Gasteiger partial charge on any atom is -0.495 e. The summed E-state index contributed by atoms with van der Waals surface area (Å²) in [4.78, 5) is 3.98. The highest BCUT2D eigenvalue weighted by molar-refractivity contribution is 9.10. The molecule has 0 aliphatic rings. The number of nitrogens with zero attached hydrogens (tertiary/aromatic N) is 1. The van der Waals surface area contributed by atoms with E-state index in [1.807, 2.05) is 24.3 Å². The first kappa shape index (κ1) is 13.1. The number of halogens is 1. The number of aliphatic hydroxyl groups is 1. The van der Waals surface area contributed by atoms with E-state index in [1.165, 1.54) is 0 Å². The summed E-state index contributed by atoms with van der Waals surface area (Å²) < 4.78 is 6.20. The van der Waals surface area contributed by atoms with Crippen LogP contribution in [-0.2, 0) is 6.42 Å². The van der Waals surface area contributed by atoms with Gasteiger partial charge in [-0.15, -0.1) is 0 Å². The van der Waals surface area contributed by atoms with E-state index in [0.717, 1.165) is 15.6 Å². The molecule has 0 amide bonds. The number of aliphatic hydroxyl groups excluding tert-OH is 1. The van der Waals surface area contributed by atoms with Gasteiger partial charge in [0.2, 0.25) is 0 Å². The third-order valence-electron chi connectivity index (χ3n) is 2.77. The van der Waals surface area contributed by atoms with Crippen molar-refractivity contribution in [3.05, 3.63) is 58.3 Å². The Labute approximate surface area is 115 Å². The highest BCUT2D eigenvalue weighted by Crippen LogP contribution is 2.28. The van der Waals surface area contributed by atoms with Crippen molar-refractivity contribution in [2.45, 2.75) is 12.5 Å². The van der Waals surface area contributed by atoms with Gasteiger partial charge in [0.1, 0.15) is 5.75 Å². The Morgan fingerprint density at radius 1 is 1.33 bits per heavy atom. The zero-order chi connectivity index (χ0) is 13.0. The molecular weight excluding hydrogens is 294 g/mol. The molecule has 4 heteroatoms. The molecule has 94 valence electrons. The van der Waals surface area contributed by atoms with E-state index in [2.05, 4.69) is 20.9 Å². The van der Waals surface area contributed by atoms with Crippen LogP contribution in [0.2, 0.25) is 0 Å². The molecule has 0 spiro atoms. The topological polar surface area (TPSA) is 42.4 Å². The van der Waals surface area contributed by atoms with Gasteiger partial charge in [0.15, 0.2) is 0 Å². The normalized spacial score (nSPS) is 12.2. The van der Waals surface area contributed by atoms with Crippen molar-refractivity contribution in [3.63, 3.8) is 0 Å². The quantitative estimate of drug-likeness (QED) is 0.943. The molecule has 1 atom stereocenters. The maximum absolute atomic E-state index is 10.3. The van der Waals surface area contributed by atoms with Gasteiger partial charge < -0.3 is 9.84 Å². The van der Waals surface area contributed by atoms with Gasteiger partial charge in [0.25, 0.3) is 0 Å². The second-order valence-electron chi connectivity index (χ2n) is 3.93. The van der Waals surface area contributed by atoms with Crippen LogP contribution in [0.25, 0.3) is 0 Å². The standard InChI is InChI=1S/C14H14BrNO2/c1-18-14-9-16-7-6-11(14)13(17)8-10-4-2-3-5-12(10)15/h2-7,9,13,17H,8H2,1H3. The van der Waals surface area contributed by atoms with Crippen molar-refractivity contribution >= 4 is 15.9 Å². The summed E-state index contributed by atoms with van der Waals surface area (Å²) in [5, 5.41) is 10.3. The third-order valence-corrected chi connectivity index (χ3v) is 3.54. The summed E-state index contributed by atoms with van der Waals surface area (Å²) in [6.45, 7) is 0. The number of methoxy groups -OCH3 is 1. The molecule has 1 N–H and O–H groups in total. The first-order valence-corrected chi connectivity index (χ1v) is 6.41. The molecule has 1 aromatic carbocycles. The van der Waals surface area contributed by atoms with E-state index in [-0.39, 0.29) is 0 Å². The molecule has 0 fully saturated rings. The Kier molecular flexibility index (Phi) is 4.33. The van der Waals surface area contributed by atoms with Crippen molar-refractivity contribution in [2.24, 2.45) is 0 Å². The Bertz CT molecular complexity index is 531. The fourth-order valence-electron chi connectivity index (χ4n) is 1.82. The molecular formula is C14H14BrNO2. The average Bonchev–Trinajstić information content (AvgIpc) is 2.41. The third kappa shape index (κ3) is 2.89. The van der Waals surface area contributed by atoms with Gasteiger partial charge in [-0.1, -0.05) is 34.1 Å². The SMILES string of the molecule is COc1cnccc1C(O)Cc1ccccc1Br. The van der Waals surface area contributed by atoms with Gasteiger partial charge in [-0.25, -0.2) is 0 Å². The highest BCUT2D eigenvalue weighted by atomic mass is 79.9. The smallest absolute Gasteiger partial charge is 0.142 e. The maximum atomic E-state index is 10.3. The Hall–Kier alpha value is -1.39. The molecule has 1 unspecified atom stereocenters. The highest BCUT2D eigenvalue weighted by Gasteiger charge is 2.14. The molecule has 0 aliphatic heterocycles. The minimum atomic E-state index is -0.610. The molecule has 1 aromatic heterocycles. The zero-order valence-corrected chi connectivity index (χ0v) is 11.6. The van der Waals surface area contributed by atoms with Crippen LogP contribution in [0, 0.1) is 0 Å². The molecule has 18 heavy (non-hydrogen) atoms. The molecule has 0 aliphatic carbocycles. The van der Waals surface area contributed by atoms with Crippen LogP contribution in [0.15, 0.2) is 47.2 Å². The molecule has 0 radical (unpaired) electrons. The second kappa shape index (κ2) is 5.98. The van der Waals surface area contributed by atoms with Gasteiger partial charge in [-0.2, -0.15) is 0 Å². The molecule has 2 rings (SSSR count). The van der Waals surface area contributed by atoms with Crippen LogP contribution in [0.1, 0.15) is 17.2 Å². The lowest BCUT2D eigenvalue weighted by atomic mass is 10.0. The minimum absolute atomic E-state index is 0.530. The number of benzene rings is 1. The Morgan fingerprint density at radius 3 is 2.83 bits per heavy atom. The number of ether oxygens (including phenoxy) is 1. The number of rotatable bonds is 4. The first-order chi connectivity index (χ1) is 8.72. The van der Waals surface area contributed by atoms with Crippen molar-refractivity contribution in [3.8, 4) is 5.75 Å². The van der Waals surface area contributed by atoms with Crippen LogP contribution in [0.5, 0.6) is 5.75 Å². The predicted octanol–water partition coefficient (Wildman–Crippen LogP) is 3.13. The molecule has 3 nitrogen and oxygen atoms in total. The van der Waals surface area contributed by atoms with E-state index < -0.39 is 6.10 Å². The maximum Gasteiger partial charge on any atom is 0.142 e. The molecule has 0 saturated heterocycles. The van der Waals surface area contributed by atoms with Crippen molar-refractivity contribution in [2.75, 3.05) is 7.11 Å². The molecule has 0 bridgehead atoms.